The molecule has 0 bridgehead atoms. The Kier molecular flexibility index (Phi) is 3.14. The van der Waals surface area contributed by atoms with Crippen molar-refractivity contribution in [3.8, 4) is 0 Å². The third-order valence-electron chi connectivity index (χ3n) is 2.36. The highest BCUT2D eigenvalue weighted by Crippen LogP contribution is 2.03. The third kappa shape index (κ3) is 2.92. The van der Waals surface area contributed by atoms with Crippen LogP contribution in [0.25, 0.3) is 0 Å². The topological polar surface area (TPSA) is 66.1 Å². The van der Waals surface area contributed by atoms with Gasteiger partial charge in [-0.2, -0.15) is 0 Å². The molecule has 15 heavy (non-hydrogen) atoms. The van der Waals surface area contributed by atoms with Gasteiger partial charge in [0.1, 0.15) is 0 Å². The van der Waals surface area contributed by atoms with E-state index in [1.54, 1.807) is 24.5 Å². The molecule has 1 aromatic rings. The van der Waals surface area contributed by atoms with Crippen molar-refractivity contribution in [3.05, 3.63) is 24.5 Å². The Hall–Kier alpha value is -1.62. The number of nitrogens with one attached hydrogen (secondary N) is 3. The van der Waals surface area contributed by atoms with Crippen LogP contribution in [0.1, 0.15) is 0 Å². The van der Waals surface area contributed by atoms with Crippen LogP contribution in [-0.2, 0) is 0 Å². The molecule has 5 heteroatoms. The normalized spacial score (nSPS) is 15.5. The molecule has 0 atom stereocenters. The van der Waals surface area contributed by atoms with E-state index in [9.17, 15) is 4.79 Å². The molecule has 80 valence electrons. The van der Waals surface area contributed by atoms with Crippen molar-refractivity contribution >= 4 is 11.7 Å². The molecule has 0 unspecified atom stereocenters. The lowest BCUT2D eigenvalue weighted by atomic mass is 10.0. The summed E-state index contributed by atoms with van der Waals surface area (Å²) in [5.41, 5.74) is 0.759. The molecule has 0 aliphatic carbocycles. The molecule has 2 amide bonds. The number of nitrogens with zero attached hydrogens (tertiary/aromatic N) is 1. The van der Waals surface area contributed by atoms with Gasteiger partial charge in [-0.05, 0) is 12.1 Å². The van der Waals surface area contributed by atoms with Crippen molar-refractivity contribution in [3.63, 3.8) is 0 Å². The summed E-state index contributed by atoms with van der Waals surface area (Å²) in [6.07, 6.45) is 3.29. The van der Waals surface area contributed by atoms with Gasteiger partial charge in [-0.3, -0.25) is 4.98 Å². The molecule has 5 nitrogen and oxygen atoms in total. The Labute approximate surface area is 88.3 Å². The van der Waals surface area contributed by atoms with Gasteiger partial charge in [0.25, 0.3) is 0 Å². The Morgan fingerprint density at radius 1 is 1.47 bits per heavy atom. The highest BCUT2D eigenvalue weighted by molar-refractivity contribution is 5.89. The zero-order chi connectivity index (χ0) is 10.5. The van der Waals surface area contributed by atoms with Crippen molar-refractivity contribution in [2.45, 2.75) is 0 Å². The van der Waals surface area contributed by atoms with Gasteiger partial charge in [0.15, 0.2) is 0 Å². The SMILES string of the molecule is O=C(NCC1CNC1)Nc1ccncc1. The van der Waals surface area contributed by atoms with E-state index in [0.29, 0.717) is 5.92 Å². The first kappa shape index (κ1) is 9.92. The number of anilines is 1. The number of pyridine rings is 1. The molecule has 1 fully saturated rings. The van der Waals surface area contributed by atoms with Gasteiger partial charge in [-0.15, -0.1) is 0 Å². The standard InChI is InChI=1S/C10H14N4O/c15-10(13-7-8-5-12-6-8)14-9-1-3-11-4-2-9/h1-4,8,12H,5-7H2,(H2,11,13,14,15). The Morgan fingerprint density at radius 2 is 2.20 bits per heavy atom. The summed E-state index contributed by atoms with van der Waals surface area (Å²) in [7, 11) is 0. The molecular formula is C10H14N4O. The predicted molar refractivity (Wildman–Crippen MR) is 57.6 cm³/mol. The lowest BCUT2D eigenvalue weighted by Crippen LogP contribution is -2.48. The molecule has 2 rings (SSSR count). The first-order chi connectivity index (χ1) is 7.34. The van der Waals surface area contributed by atoms with Crippen LogP contribution in [0.5, 0.6) is 0 Å². The number of aromatic nitrogens is 1. The lowest BCUT2D eigenvalue weighted by molar-refractivity contribution is 0.246. The van der Waals surface area contributed by atoms with Crippen molar-refractivity contribution in [2.24, 2.45) is 5.92 Å². The number of rotatable bonds is 3. The monoisotopic (exact) mass is 206 g/mol. The van der Waals surface area contributed by atoms with Gasteiger partial charge in [0, 0.05) is 43.6 Å². The minimum atomic E-state index is -0.159. The number of carbonyl (C=O) groups excluding carboxylic acids is 1. The maximum Gasteiger partial charge on any atom is 0.319 e. The number of hydrogen-bond acceptors (Lipinski definition) is 3. The molecule has 1 aromatic heterocycles. The Bertz CT molecular complexity index is 323. The smallest absolute Gasteiger partial charge is 0.319 e. The molecule has 2 heterocycles. The number of urea groups is 1. The van der Waals surface area contributed by atoms with Crippen LogP contribution in [0.4, 0.5) is 10.5 Å². The average molecular weight is 206 g/mol. The van der Waals surface area contributed by atoms with Gasteiger partial charge >= 0.3 is 6.03 Å². The first-order valence-electron chi connectivity index (χ1n) is 5.00. The number of amides is 2. The summed E-state index contributed by atoms with van der Waals surface area (Å²) in [5, 5.41) is 8.71. The first-order valence-corrected chi connectivity index (χ1v) is 5.00. The molecule has 1 aliphatic rings. The van der Waals surface area contributed by atoms with Crippen LogP contribution in [0.3, 0.4) is 0 Å². The van der Waals surface area contributed by atoms with E-state index in [2.05, 4.69) is 20.9 Å². The number of hydrogen-bond donors (Lipinski definition) is 3. The van der Waals surface area contributed by atoms with Crippen molar-refractivity contribution in [1.29, 1.82) is 0 Å². The number of carbonyl (C=O) groups is 1. The molecule has 3 N–H and O–H groups in total. The molecule has 0 radical (unpaired) electrons. The summed E-state index contributed by atoms with van der Waals surface area (Å²) < 4.78 is 0. The van der Waals surface area contributed by atoms with Crippen LogP contribution < -0.4 is 16.0 Å². The third-order valence-corrected chi connectivity index (χ3v) is 2.36. The van der Waals surface area contributed by atoms with Gasteiger partial charge in [0.05, 0.1) is 0 Å². The predicted octanol–water partition coefficient (Wildman–Crippen LogP) is 0.422. The fraction of sp³-hybridized carbons (Fsp3) is 0.400. The van der Waals surface area contributed by atoms with E-state index in [1.807, 2.05) is 0 Å². The average Bonchev–Trinajstić information content (AvgIpc) is 2.17. The minimum absolute atomic E-state index is 0.159. The zero-order valence-corrected chi connectivity index (χ0v) is 8.36. The van der Waals surface area contributed by atoms with Crippen molar-refractivity contribution < 1.29 is 4.79 Å². The highest BCUT2D eigenvalue weighted by Gasteiger charge is 2.16. The van der Waals surface area contributed by atoms with E-state index in [1.165, 1.54) is 0 Å². The summed E-state index contributed by atoms with van der Waals surface area (Å²) in [6, 6.07) is 3.35. The molecule has 0 saturated carbocycles. The van der Waals surface area contributed by atoms with E-state index < -0.39 is 0 Å². The second-order valence-electron chi connectivity index (χ2n) is 3.60. The van der Waals surface area contributed by atoms with Gasteiger partial charge in [0.2, 0.25) is 0 Å². The van der Waals surface area contributed by atoms with Crippen molar-refractivity contribution in [1.82, 2.24) is 15.6 Å². The second-order valence-corrected chi connectivity index (χ2v) is 3.60. The van der Waals surface area contributed by atoms with E-state index in [4.69, 9.17) is 0 Å². The molecule has 1 aliphatic heterocycles. The molecule has 1 saturated heterocycles. The van der Waals surface area contributed by atoms with E-state index >= 15 is 0 Å². The van der Waals surface area contributed by atoms with Crippen LogP contribution in [0, 0.1) is 5.92 Å². The van der Waals surface area contributed by atoms with Gasteiger partial charge < -0.3 is 16.0 Å². The second kappa shape index (κ2) is 4.75. The maximum absolute atomic E-state index is 11.4. The van der Waals surface area contributed by atoms with Gasteiger partial charge in [-0.1, -0.05) is 0 Å². The Morgan fingerprint density at radius 3 is 2.80 bits per heavy atom. The summed E-state index contributed by atoms with van der Waals surface area (Å²) in [4.78, 5) is 15.3. The zero-order valence-electron chi connectivity index (χ0n) is 8.36. The lowest BCUT2D eigenvalue weighted by Gasteiger charge is -2.27. The van der Waals surface area contributed by atoms with Crippen LogP contribution in [0.15, 0.2) is 24.5 Å². The molecule has 0 spiro atoms. The highest BCUT2D eigenvalue weighted by atomic mass is 16.2. The fourth-order valence-electron chi connectivity index (χ4n) is 1.34. The van der Waals surface area contributed by atoms with Crippen LogP contribution in [-0.4, -0.2) is 30.6 Å². The molecular weight excluding hydrogens is 192 g/mol. The fourth-order valence-corrected chi connectivity index (χ4v) is 1.34. The van der Waals surface area contributed by atoms with E-state index in [-0.39, 0.29) is 6.03 Å². The molecule has 0 aromatic carbocycles. The Balaban J connectivity index is 1.72. The van der Waals surface area contributed by atoms with Crippen LogP contribution in [0.2, 0.25) is 0 Å². The largest absolute Gasteiger partial charge is 0.337 e. The van der Waals surface area contributed by atoms with Crippen molar-refractivity contribution in [2.75, 3.05) is 25.0 Å². The summed E-state index contributed by atoms with van der Waals surface area (Å²) >= 11 is 0. The maximum atomic E-state index is 11.4. The minimum Gasteiger partial charge on any atom is -0.337 e. The van der Waals surface area contributed by atoms with Gasteiger partial charge in [-0.25, -0.2) is 4.79 Å². The summed E-state index contributed by atoms with van der Waals surface area (Å²) in [5.74, 6) is 0.577. The summed E-state index contributed by atoms with van der Waals surface area (Å²) in [6.45, 7) is 2.72. The van der Waals surface area contributed by atoms with E-state index in [0.717, 1.165) is 25.3 Å². The van der Waals surface area contributed by atoms with Crippen LogP contribution >= 0.6 is 0 Å². The quantitative estimate of drug-likeness (QED) is 0.671.